The standard InChI is InChI=1S/C18H21N7O.C13H15N5O.C5H7BrN2.C2H4O2/c1-6-25-13(11(3)26)8-12-16-15(19-9-23(16)4)17(21-18(12)25)20-14-7-10(2)24(5)22-14;1-4-18-9(7(2)19)5-8-11-10(15-6-17(11)3)12(14)16-13(8)18;1-4-3-5(6)7-8(4)2;1-2(3)4/h7-9H,6H2,1-5H3,(H,20,21,22);5-6H,4H2,1-3H3,(H2,14,16);3H,1-2H3;1H3,(H,3,4). The first-order valence-corrected chi connectivity index (χ1v) is 18.8. The van der Waals surface area contributed by atoms with Crippen molar-refractivity contribution in [2.45, 2.75) is 61.6 Å². The van der Waals surface area contributed by atoms with Gasteiger partial charge < -0.3 is 34.4 Å². The molecule has 8 aromatic rings. The number of aryl methyl sites for hydroxylation is 8. The fourth-order valence-electron chi connectivity index (χ4n) is 6.42. The number of nitrogens with two attached hydrogens (primary N) is 1. The molecule has 0 unspecified atom stereocenters. The molecule has 0 aromatic carbocycles. The zero-order chi connectivity index (χ0) is 42.0. The number of carboxylic acid groups (broad SMARTS) is 1. The van der Waals surface area contributed by atoms with Crippen LogP contribution in [0.2, 0.25) is 0 Å². The summed E-state index contributed by atoms with van der Waals surface area (Å²) in [6.07, 6.45) is 3.47. The van der Waals surface area contributed by atoms with Crippen LogP contribution in [-0.2, 0) is 46.1 Å². The number of imidazole rings is 2. The summed E-state index contributed by atoms with van der Waals surface area (Å²) in [6.45, 7) is 13.6. The third-order valence-corrected chi connectivity index (χ3v) is 9.62. The number of nitrogens with one attached hydrogen (secondary N) is 1. The van der Waals surface area contributed by atoms with Gasteiger partial charge >= 0.3 is 0 Å². The van der Waals surface area contributed by atoms with Crippen molar-refractivity contribution < 1.29 is 19.5 Å². The molecule has 4 N–H and O–H groups in total. The Labute approximate surface area is 336 Å². The summed E-state index contributed by atoms with van der Waals surface area (Å²) in [5.74, 6) is 0.953. The molecule has 0 saturated carbocycles. The van der Waals surface area contributed by atoms with Crippen molar-refractivity contribution >= 4 is 95.1 Å². The van der Waals surface area contributed by atoms with Gasteiger partial charge in [0.25, 0.3) is 5.97 Å². The first-order valence-electron chi connectivity index (χ1n) is 18.0. The number of nitrogens with zero attached hydrogens (tertiary/aromatic N) is 12. The van der Waals surface area contributed by atoms with Gasteiger partial charge in [-0.2, -0.15) is 10.2 Å². The number of aromatic nitrogens is 12. The summed E-state index contributed by atoms with van der Waals surface area (Å²) < 4.78 is 12.2. The molecule has 0 aliphatic carbocycles. The van der Waals surface area contributed by atoms with Crippen LogP contribution in [0.25, 0.3) is 44.1 Å². The SMILES string of the molecule is CC(=O)O.CCn1c(C(C)=O)cc2c3c(ncn3C)c(N)nc21.CCn1c(C(C)=O)cc2c3c(ncn3C)c(Nc3cc(C)n(C)n3)nc21.Cc1cc(Br)nn1C. The second kappa shape index (κ2) is 16.8. The van der Waals surface area contributed by atoms with Crippen molar-refractivity contribution in [2.75, 3.05) is 11.1 Å². The highest BCUT2D eigenvalue weighted by atomic mass is 79.9. The predicted octanol–water partition coefficient (Wildman–Crippen LogP) is 6.24. The number of rotatable bonds is 6. The monoisotopic (exact) mass is 842 g/mol. The lowest BCUT2D eigenvalue weighted by Crippen LogP contribution is -2.06. The van der Waals surface area contributed by atoms with Crippen LogP contribution >= 0.6 is 15.9 Å². The number of nitrogen functional groups attached to an aromatic ring is 1. The average molecular weight is 844 g/mol. The van der Waals surface area contributed by atoms with Crippen molar-refractivity contribution in [3.05, 3.63) is 64.3 Å². The van der Waals surface area contributed by atoms with Crippen LogP contribution in [0.5, 0.6) is 0 Å². The zero-order valence-corrected chi connectivity index (χ0v) is 35.5. The van der Waals surface area contributed by atoms with E-state index in [0.29, 0.717) is 47.4 Å². The number of hydrogen-bond donors (Lipinski definition) is 3. The van der Waals surface area contributed by atoms with E-state index in [1.54, 1.807) is 31.2 Å². The number of carbonyl (C=O) groups excluding carboxylic acids is 2. The Hall–Kier alpha value is -6.37. The summed E-state index contributed by atoms with van der Waals surface area (Å²) in [7, 11) is 7.67. The van der Waals surface area contributed by atoms with Gasteiger partial charge in [0.15, 0.2) is 29.0 Å². The number of halogens is 1. The minimum absolute atomic E-state index is 0.0220. The Morgan fingerprint density at radius 2 is 1.19 bits per heavy atom. The summed E-state index contributed by atoms with van der Waals surface area (Å²) >= 11 is 3.25. The molecule has 0 aliphatic rings. The predicted molar refractivity (Wildman–Crippen MR) is 224 cm³/mol. The molecule has 300 valence electrons. The molecule has 0 atom stereocenters. The lowest BCUT2D eigenvalue weighted by molar-refractivity contribution is -0.134. The van der Waals surface area contributed by atoms with E-state index in [2.05, 4.69) is 46.4 Å². The average Bonchev–Trinajstić information content (AvgIpc) is 3.98. The highest BCUT2D eigenvalue weighted by Crippen LogP contribution is 2.33. The van der Waals surface area contributed by atoms with Gasteiger partial charge in [-0.05, 0) is 61.8 Å². The van der Waals surface area contributed by atoms with Crippen molar-refractivity contribution in [1.82, 2.24) is 57.8 Å². The molecule has 8 aromatic heterocycles. The largest absolute Gasteiger partial charge is 0.481 e. The van der Waals surface area contributed by atoms with Crippen LogP contribution in [0.1, 0.15) is 67.0 Å². The van der Waals surface area contributed by atoms with Gasteiger partial charge in [0, 0.05) is 90.3 Å². The van der Waals surface area contributed by atoms with Crippen molar-refractivity contribution in [2.24, 2.45) is 28.2 Å². The quantitative estimate of drug-likeness (QED) is 0.159. The van der Waals surface area contributed by atoms with E-state index in [-0.39, 0.29) is 11.6 Å². The van der Waals surface area contributed by atoms with Crippen LogP contribution in [0.15, 0.2) is 41.5 Å². The molecule has 0 spiro atoms. The number of carbonyl (C=O) groups is 3. The Morgan fingerprint density at radius 1 is 0.737 bits per heavy atom. The van der Waals surface area contributed by atoms with Gasteiger partial charge in [-0.25, -0.2) is 19.9 Å². The summed E-state index contributed by atoms with van der Waals surface area (Å²) in [6, 6.07) is 7.71. The maximum atomic E-state index is 12.1. The van der Waals surface area contributed by atoms with Crippen LogP contribution in [0, 0.1) is 13.8 Å². The molecule has 8 rings (SSSR count). The van der Waals surface area contributed by atoms with Crippen molar-refractivity contribution in [1.29, 1.82) is 0 Å². The fraction of sp³-hybridized carbons (Fsp3) is 0.342. The number of fused-ring (bicyclic) bond motifs is 6. The number of ketones is 2. The van der Waals surface area contributed by atoms with Gasteiger partial charge in [0.1, 0.15) is 26.9 Å². The molecule has 0 saturated heterocycles. The van der Waals surface area contributed by atoms with Gasteiger partial charge in [0.05, 0.1) is 35.1 Å². The minimum atomic E-state index is -0.833. The number of aliphatic carboxylic acids is 1. The maximum absolute atomic E-state index is 12.1. The molecule has 0 radical (unpaired) electrons. The smallest absolute Gasteiger partial charge is 0.300 e. The number of anilines is 3. The molecule has 0 amide bonds. The molecular formula is C38H47BrN14O4. The van der Waals surface area contributed by atoms with Crippen LogP contribution < -0.4 is 11.1 Å². The minimum Gasteiger partial charge on any atom is -0.481 e. The van der Waals surface area contributed by atoms with E-state index in [0.717, 1.165) is 61.5 Å². The number of carboxylic acids is 1. The van der Waals surface area contributed by atoms with Crippen LogP contribution in [0.3, 0.4) is 0 Å². The molecule has 57 heavy (non-hydrogen) atoms. The highest BCUT2D eigenvalue weighted by molar-refractivity contribution is 9.10. The molecule has 0 aliphatic heterocycles. The van der Waals surface area contributed by atoms with E-state index >= 15 is 0 Å². The first-order chi connectivity index (χ1) is 26.9. The highest BCUT2D eigenvalue weighted by Gasteiger charge is 2.21. The maximum Gasteiger partial charge on any atom is 0.300 e. The molecule has 18 nitrogen and oxygen atoms in total. The molecule has 0 fully saturated rings. The fourth-order valence-corrected chi connectivity index (χ4v) is 6.99. The van der Waals surface area contributed by atoms with Gasteiger partial charge in [-0.1, -0.05) is 0 Å². The second-order valence-corrected chi connectivity index (χ2v) is 14.2. The summed E-state index contributed by atoms with van der Waals surface area (Å²) in [4.78, 5) is 50.8. The topological polar surface area (TPSA) is 216 Å². The Kier molecular flexibility index (Phi) is 12.3. The van der Waals surface area contributed by atoms with Crippen molar-refractivity contribution in [3.63, 3.8) is 0 Å². The summed E-state index contributed by atoms with van der Waals surface area (Å²) in [5, 5.41) is 21.0. The number of Topliss-reactive ketones (excluding diaryl/α,β-unsaturated/α-hetero) is 2. The van der Waals surface area contributed by atoms with Gasteiger partial charge in [-0.15, -0.1) is 0 Å². The van der Waals surface area contributed by atoms with E-state index in [1.807, 2.05) is 103 Å². The Bertz CT molecular complexity index is 2750. The van der Waals surface area contributed by atoms with E-state index in [1.165, 1.54) is 0 Å². The molecule has 19 heteroatoms. The Morgan fingerprint density at radius 3 is 1.60 bits per heavy atom. The number of pyridine rings is 2. The van der Waals surface area contributed by atoms with Gasteiger partial charge in [-0.3, -0.25) is 23.7 Å². The van der Waals surface area contributed by atoms with E-state index < -0.39 is 5.97 Å². The number of hydrogen-bond acceptors (Lipinski definition) is 11. The van der Waals surface area contributed by atoms with E-state index in [4.69, 9.17) is 20.6 Å². The van der Waals surface area contributed by atoms with Crippen LogP contribution in [-0.4, -0.2) is 80.4 Å². The molecular weight excluding hydrogens is 796 g/mol. The lowest BCUT2D eigenvalue weighted by atomic mass is 10.2. The molecule has 8 heterocycles. The second-order valence-electron chi connectivity index (χ2n) is 13.4. The van der Waals surface area contributed by atoms with Crippen molar-refractivity contribution in [3.8, 4) is 0 Å². The lowest BCUT2D eigenvalue weighted by Gasteiger charge is -2.08. The van der Waals surface area contributed by atoms with E-state index in [9.17, 15) is 9.59 Å². The summed E-state index contributed by atoms with van der Waals surface area (Å²) in [5.41, 5.74) is 14.3. The van der Waals surface area contributed by atoms with Gasteiger partial charge in [0.2, 0.25) is 0 Å². The Balaban J connectivity index is 0.000000174. The third kappa shape index (κ3) is 8.42. The third-order valence-electron chi connectivity index (χ3n) is 9.23. The van der Waals surface area contributed by atoms with Crippen LogP contribution in [0.4, 0.5) is 17.5 Å². The molecule has 0 bridgehead atoms. The first kappa shape index (κ1) is 41.8. The zero-order valence-electron chi connectivity index (χ0n) is 33.9. The normalized spacial score (nSPS) is 10.9.